The Morgan fingerprint density at radius 3 is 2.76 bits per heavy atom. The second kappa shape index (κ2) is 6.45. The van der Waals surface area contributed by atoms with Gasteiger partial charge in [0.1, 0.15) is 6.61 Å². The van der Waals surface area contributed by atoms with Crippen LogP contribution in [0.4, 0.5) is 0 Å². The molecule has 5 heteroatoms. The van der Waals surface area contributed by atoms with E-state index in [0.29, 0.717) is 25.4 Å². The van der Waals surface area contributed by atoms with Gasteiger partial charge in [0, 0.05) is 26.1 Å². The number of likely N-dealkylation sites (tertiary alicyclic amines) is 1. The van der Waals surface area contributed by atoms with Crippen molar-refractivity contribution in [1.29, 1.82) is 0 Å². The van der Waals surface area contributed by atoms with Crippen LogP contribution in [0.15, 0.2) is 30.3 Å². The standard InChI is InChI=1S/C20H26N2O3/c1-20-9-10-21(18(23)11-15-7-8-15)13-17(20)22(19(24)14-25-20)12-16-5-3-2-4-6-16/h2-6,15,17H,7-14H2,1H3/t17-,20-/m1/s1. The normalized spacial score (nSPS) is 29.5. The van der Waals surface area contributed by atoms with E-state index in [9.17, 15) is 9.59 Å². The molecule has 2 aliphatic heterocycles. The Balaban J connectivity index is 1.52. The molecule has 0 N–H and O–H groups in total. The van der Waals surface area contributed by atoms with Crippen LogP contribution in [0.3, 0.4) is 0 Å². The zero-order chi connectivity index (χ0) is 17.4. The molecule has 0 unspecified atom stereocenters. The van der Waals surface area contributed by atoms with E-state index in [1.807, 2.05) is 40.1 Å². The quantitative estimate of drug-likeness (QED) is 0.843. The van der Waals surface area contributed by atoms with Gasteiger partial charge in [-0.2, -0.15) is 0 Å². The Kier molecular flexibility index (Phi) is 4.28. The van der Waals surface area contributed by atoms with E-state index in [1.165, 1.54) is 12.8 Å². The fourth-order valence-corrected chi connectivity index (χ4v) is 4.00. The molecule has 0 spiro atoms. The number of hydrogen-bond donors (Lipinski definition) is 0. The molecule has 1 aromatic rings. The lowest BCUT2D eigenvalue weighted by atomic mass is 9.85. The summed E-state index contributed by atoms with van der Waals surface area (Å²) in [5.74, 6) is 0.843. The van der Waals surface area contributed by atoms with Crippen LogP contribution in [0.1, 0.15) is 38.2 Å². The number of hydrogen-bond acceptors (Lipinski definition) is 3. The molecule has 0 bridgehead atoms. The van der Waals surface area contributed by atoms with Crippen molar-refractivity contribution in [2.75, 3.05) is 19.7 Å². The molecule has 2 amide bonds. The van der Waals surface area contributed by atoms with Gasteiger partial charge in [0.05, 0.1) is 11.6 Å². The van der Waals surface area contributed by atoms with Crippen molar-refractivity contribution in [2.24, 2.45) is 5.92 Å². The van der Waals surface area contributed by atoms with Gasteiger partial charge in [0.2, 0.25) is 11.8 Å². The van der Waals surface area contributed by atoms with Crippen LogP contribution in [0.5, 0.6) is 0 Å². The molecule has 0 aromatic heterocycles. The van der Waals surface area contributed by atoms with E-state index in [4.69, 9.17) is 4.74 Å². The molecule has 1 aliphatic carbocycles. The van der Waals surface area contributed by atoms with Gasteiger partial charge in [0.25, 0.3) is 0 Å². The van der Waals surface area contributed by atoms with Crippen LogP contribution >= 0.6 is 0 Å². The van der Waals surface area contributed by atoms with Crippen molar-refractivity contribution in [3.63, 3.8) is 0 Å². The zero-order valence-electron chi connectivity index (χ0n) is 14.8. The number of amides is 2. The van der Waals surface area contributed by atoms with Crippen molar-refractivity contribution in [3.05, 3.63) is 35.9 Å². The largest absolute Gasteiger partial charge is 0.363 e. The molecule has 3 fully saturated rings. The highest BCUT2D eigenvalue weighted by Crippen LogP contribution is 2.37. The number of benzene rings is 1. The smallest absolute Gasteiger partial charge is 0.249 e. The fraction of sp³-hybridized carbons (Fsp3) is 0.600. The van der Waals surface area contributed by atoms with E-state index in [1.54, 1.807) is 0 Å². The monoisotopic (exact) mass is 342 g/mol. The van der Waals surface area contributed by atoms with E-state index < -0.39 is 0 Å². The highest BCUT2D eigenvalue weighted by molar-refractivity contribution is 5.80. The Bertz CT molecular complexity index is 658. The van der Waals surface area contributed by atoms with Gasteiger partial charge in [-0.15, -0.1) is 0 Å². The molecule has 0 radical (unpaired) electrons. The van der Waals surface area contributed by atoms with Crippen LogP contribution in [-0.4, -0.2) is 53.0 Å². The average Bonchev–Trinajstić information content (AvgIpc) is 3.42. The van der Waals surface area contributed by atoms with Gasteiger partial charge in [0.15, 0.2) is 0 Å². The lowest BCUT2D eigenvalue weighted by Gasteiger charge is -2.52. The number of rotatable bonds is 4. The fourth-order valence-electron chi connectivity index (χ4n) is 4.00. The van der Waals surface area contributed by atoms with Gasteiger partial charge < -0.3 is 14.5 Å². The summed E-state index contributed by atoms with van der Waals surface area (Å²) in [5, 5.41) is 0. The van der Waals surface area contributed by atoms with E-state index in [-0.39, 0.29) is 30.1 Å². The number of fused-ring (bicyclic) bond motifs is 1. The summed E-state index contributed by atoms with van der Waals surface area (Å²) < 4.78 is 5.94. The van der Waals surface area contributed by atoms with Crippen LogP contribution in [-0.2, 0) is 20.9 Å². The topological polar surface area (TPSA) is 49.9 Å². The number of morpholine rings is 1. The third kappa shape index (κ3) is 3.43. The third-order valence-electron chi connectivity index (χ3n) is 5.91. The molecule has 134 valence electrons. The SMILES string of the molecule is C[C@@]12CCN(C(=O)CC3CC3)C[C@H]1N(Cc1ccccc1)C(=O)CO2. The number of piperidine rings is 1. The minimum atomic E-state index is -0.362. The summed E-state index contributed by atoms with van der Waals surface area (Å²) in [6.07, 6.45) is 3.81. The van der Waals surface area contributed by atoms with Crippen molar-refractivity contribution < 1.29 is 14.3 Å². The van der Waals surface area contributed by atoms with E-state index in [2.05, 4.69) is 6.92 Å². The van der Waals surface area contributed by atoms with Crippen LogP contribution < -0.4 is 0 Å². The molecule has 1 aromatic carbocycles. The Hall–Kier alpha value is -1.88. The van der Waals surface area contributed by atoms with E-state index in [0.717, 1.165) is 18.5 Å². The summed E-state index contributed by atoms with van der Waals surface area (Å²) >= 11 is 0. The molecular weight excluding hydrogens is 316 g/mol. The predicted octanol–water partition coefficient (Wildman–Crippen LogP) is 2.21. The summed E-state index contributed by atoms with van der Waals surface area (Å²) in [6.45, 7) is 4.11. The maximum absolute atomic E-state index is 12.6. The minimum Gasteiger partial charge on any atom is -0.363 e. The molecular formula is C20H26N2O3. The van der Waals surface area contributed by atoms with Gasteiger partial charge >= 0.3 is 0 Å². The van der Waals surface area contributed by atoms with Crippen LogP contribution in [0, 0.1) is 5.92 Å². The Morgan fingerprint density at radius 2 is 2.04 bits per heavy atom. The maximum Gasteiger partial charge on any atom is 0.249 e. The second-order valence-electron chi connectivity index (χ2n) is 7.86. The Labute approximate surface area is 148 Å². The molecule has 1 saturated carbocycles. The molecule has 2 heterocycles. The first-order valence-electron chi connectivity index (χ1n) is 9.30. The number of carbonyl (C=O) groups is 2. The molecule has 2 atom stereocenters. The van der Waals surface area contributed by atoms with Crippen molar-refractivity contribution in [2.45, 2.75) is 50.8 Å². The van der Waals surface area contributed by atoms with Crippen molar-refractivity contribution in [1.82, 2.24) is 9.80 Å². The minimum absolute atomic E-state index is 0.0165. The molecule has 5 nitrogen and oxygen atoms in total. The zero-order valence-corrected chi connectivity index (χ0v) is 14.8. The van der Waals surface area contributed by atoms with Gasteiger partial charge in [-0.1, -0.05) is 30.3 Å². The van der Waals surface area contributed by atoms with Gasteiger partial charge in [-0.3, -0.25) is 9.59 Å². The first-order chi connectivity index (χ1) is 12.0. The van der Waals surface area contributed by atoms with Crippen LogP contribution in [0.2, 0.25) is 0 Å². The summed E-state index contributed by atoms with van der Waals surface area (Å²) in [7, 11) is 0. The highest BCUT2D eigenvalue weighted by Gasteiger charge is 2.49. The summed E-state index contributed by atoms with van der Waals surface area (Å²) in [4.78, 5) is 29.0. The van der Waals surface area contributed by atoms with Crippen molar-refractivity contribution >= 4 is 11.8 Å². The first kappa shape index (κ1) is 16.6. The lowest BCUT2D eigenvalue weighted by molar-refractivity contribution is -0.190. The van der Waals surface area contributed by atoms with Crippen LogP contribution in [0.25, 0.3) is 0 Å². The summed E-state index contributed by atoms with van der Waals surface area (Å²) in [5.41, 5.74) is 0.750. The van der Waals surface area contributed by atoms with E-state index >= 15 is 0 Å². The number of carbonyl (C=O) groups excluding carboxylic acids is 2. The average molecular weight is 342 g/mol. The molecule has 25 heavy (non-hydrogen) atoms. The van der Waals surface area contributed by atoms with Gasteiger partial charge in [-0.05, 0) is 37.7 Å². The highest BCUT2D eigenvalue weighted by atomic mass is 16.5. The number of ether oxygens (including phenoxy) is 1. The third-order valence-corrected chi connectivity index (χ3v) is 5.91. The number of nitrogens with zero attached hydrogens (tertiary/aromatic N) is 2. The second-order valence-corrected chi connectivity index (χ2v) is 7.86. The molecule has 3 aliphatic rings. The Morgan fingerprint density at radius 1 is 1.28 bits per heavy atom. The van der Waals surface area contributed by atoms with Crippen molar-refractivity contribution in [3.8, 4) is 0 Å². The summed E-state index contributed by atoms with van der Waals surface area (Å²) in [6, 6.07) is 9.97. The molecule has 2 saturated heterocycles. The van der Waals surface area contributed by atoms with Gasteiger partial charge in [-0.25, -0.2) is 0 Å². The predicted molar refractivity (Wildman–Crippen MR) is 93.7 cm³/mol. The molecule has 4 rings (SSSR count). The first-order valence-corrected chi connectivity index (χ1v) is 9.30. The lowest BCUT2D eigenvalue weighted by Crippen LogP contribution is -2.67. The maximum atomic E-state index is 12.6.